The number of amides is 1. The van der Waals surface area contributed by atoms with Crippen LogP contribution in [-0.4, -0.2) is 37.7 Å². The summed E-state index contributed by atoms with van der Waals surface area (Å²) in [5.41, 5.74) is -0.354. The van der Waals surface area contributed by atoms with Gasteiger partial charge in [-0.05, 0) is 12.1 Å². The molecule has 0 fully saturated rings. The van der Waals surface area contributed by atoms with E-state index >= 15 is 0 Å². The van der Waals surface area contributed by atoms with E-state index in [2.05, 4.69) is 9.72 Å². The number of nitrogens with zero attached hydrogens (tertiary/aromatic N) is 1. The Hall–Kier alpha value is -2.36. The zero-order chi connectivity index (χ0) is 13.8. The number of carboxylic acids is 1. The molecule has 0 spiro atoms. The minimum absolute atomic E-state index is 0.354. The second kappa shape index (κ2) is 5.31. The third-order valence-corrected chi connectivity index (χ3v) is 2.57. The molecule has 18 heavy (non-hydrogen) atoms. The number of rotatable bonds is 4. The molecule has 1 aromatic rings. The Labute approximate surface area is 102 Å². The fourth-order valence-corrected chi connectivity index (χ4v) is 1.73. The molecule has 0 radical (unpaired) electrons. The topological polar surface area (TPSA) is 135 Å². The number of carbonyl (C=O) groups is 2. The third kappa shape index (κ3) is 3.59. The molecular formula is C8H9N3O6S. The molecule has 1 aromatic heterocycles. The number of nitrogens with one attached hydrogen (secondary N) is 2. The molecule has 0 aliphatic carbocycles. The van der Waals surface area contributed by atoms with E-state index in [1.54, 1.807) is 4.72 Å². The van der Waals surface area contributed by atoms with Crippen molar-refractivity contribution >= 4 is 28.1 Å². The van der Waals surface area contributed by atoms with E-state index in [0.29, 0.717) is 0 Å². The van der Waals surface area contributed by atoms with Gasteiger partial charge in [-0.25, -0.2) is 24.0 Å². The van der Waals surface area contributed by atoms with E-state index in [0.717, 1.165) is 13.2 Å². The number of anilines is 1. The second-order valence-electron chi connectivity index (χ2n) is 2.90. The molecule has 0 aromatic carbocycles. The summed E-state index contributed by atoms with van der Waals surface area (Å²) in [6.07, 6.45) is -0.0158. The molecule has 1 heterocycles. The van der Waals surface area contributed by atoms with Crippen molar-refractivity contribution in [2.45, 2.75) is 0 Å². The molecule has 0 atom stereocenters. The van der Waals surface area contributed by atoms with Crippen molar-refractivity contribution in [3.63, 3.8) is 0 Å². The Morgan fingerprint density at radius 2 is 2.11 bits per heavy atom. The summed E-state index contributed by atoms with van der Waals surface area (Å²) < 4.78 is 30.2. The van der Waals surface area contributed by atoms with Crippen LogP contribution in [0.25, 0.3) is 0 Å². The van der Waals surface area contributed by atoms with Gasteiger partial charge in [-0.3, -0.25) is 0 Å². The number of aromatic carboxylic acids is 1. The zero-order valence-electron chi connectivity index (χ0n) is 9.08. The molecule has 3 N–H and O–H groups in total. The van der Waals surface area contributed by atoms with Crippen LogP contribution in [0.2, 0.25) is 0 Å². The summed E-state index contributed by atoms with van der Waals surface area (Å²) in [4.78, 5) is 25.1. The highest BCUT2D eigenvalue weighted by Gasteiger charge is 2.19. The molecule has 0 unspecified atom stereocenters. The molecule has 0 aliphatic rings. The average Bonchev–Trinajstić information content (AvgIpc) is 2.28. The number of carbonyl (C=O) groups excluding carboxylic acids is 1. The standard InChI is InChI=1S/C8H9N3O6S/c1-17-8(14)11-18(15,16)10-6-5(7(12)13)3-2-4-9-6/h2-4H,1H3,(H,9,10)(H,11,14)(H,12,13). The van der Waals surface area contributed by atoms with Gasteiger partial charge >= 0.3 is 22.3 Å². The van der Waals surface area contributed by atoms with E-state index in [4.69, 9.17) is 5.11 Å². The van der Waals surface area contributed by atoms with E-state index < -0.39 is 28.1 Å². The van der Waals surface area contributed by atoms with Crippen molar-refractivity contribution in [2.24, 2.45) is 0 Å². The minimum Gasteiger partial charge on any atom is -0.478 e. The first kappa shape index (κ1) is 13.7. The Kier molecular flexibility index (Phi) is 4.05. The first-order valence-corrected chi connectivity index (χ1v) is 5.91. The van der Waals surface area contributed by atoms with Gasteiger partial charge < -0.3 is 9.84 Å². The number of hydrogen-bond acceptors (Lipinski definition) is 6. The lowest BCUT2D eigenvalue weighted by atomic mass is 10.3. The summed E-state index contributed by atoms with van der Waals surface area (Å²) >= 11 is 0. The quantitative estimate of drug-likeness (QED) is 0.692. The third-order valence-electron chi connectivity index (χ3n) is 1.67. The summed E-state index contributed by atoms with van der Waals surface area (Å²) in [6, 6.07) is 2.49. The normalized spacial score (nSPS) is 10.5. The molecule has 1 amide bonds. The van der Waals surface area contributed by atoms with Gasteiger partial charge in [0, 0.05) is 6.20 Å². The monoisotopic (exact) mass is 275 g/mol. The van der Waals surface area contributed by atoms with Crippen LogP contribution in [0.4, 0.5) is 10.6 Å². The Balaban J connectivity index is 2.98. The number of pyridine rings is 1. The lowest BCUT2D eigenvalue weighted by molar-refractivity contribution is 0.0697. The van der Waals surface area contributed by atoms with Crippen molar-refractivity contribution in [3.8, 4) is 0 Å². The molecule has 9 nitrogen and oxygen atoms in total. The number of carboxylic acid groups (broad SMARTS) is 1. The largest absolute Gasteiger partial charge is 0.478 e. The van der Waals surface area contributed by atoms with Gasteiger partial charge in [0.25, 0.3) is 0 Å². The summed E-state index contributed by atoms with van der Waals surface area (Å²) in [5, 5.41) is 8.80. The predicted octanol–water partition coefficient (Wildman–Crippen LogP) is -0.208. The fraction of sp³-hybridized carbons (Fsp3) is 0.125. The second-order valence-corrected chi connectivity index (χ2v) is 4.32. The van der Waals surface area contributed by atoms with Crippen molar-refractivity contribution in [1.82, 2.24) is 9.71 Å². The molecule has 1 rings (SSSR count). The maximum absolute atomic E-state index is 11.4. The molecule has 0 aliphatic heterocycles. The highest BCUT2D eigenvalue weighted by atomic mass is 32.2. The Morgan fingerprint density at radius 3 is 2.67 bits per heavy atom. The van der Waals surface area contributed by atoms with Crippen LogP contribution in [0.3, 0.4) is 0 Å². The van der Waals surface area contributed by atoms with Crippen LogP contribution in [0.1, 0.15) is 10.4 Å². The summed E-state index contributed by atoms with van der Waals surface area (Å²) in [6.45, 7) is 0. The van der Waals surface area contributed by atoms with Gasteiger partial charge in [-0.15, -0.1) is 0 Å². The smallest absolute Gasteiger partial charge is 0.422 e. The number of methoxy groups -OCH3 is 1. The Morgan fingerprint density at radius 1 is 1.44 bits per heavy atom. The highest BCUT2D eigenvalue weighted by molar-refractivity contribution is 7.91. The van der Waals surface area contributed by atoms with Crippen molar-refractivity contribution < 1.29 is 27.9 Å². The Bertz CT molecular complexity index is 570. The van der Waals surface area contributed by atoms with Crippen LogP contribution in [0, 0.1) is 0 Å². The van der Waals surface area contributed by atoms with E-state index in [1.807, 2.05) is 0 Å². The van der Waals surface area contributed by atoms with Gasteiger partial charge in [0.05, 0.1) is 7.11 Å². The van der Waals surface area contributed by atoms with Gasteiger partial charge in [0.1, 0.15) is 5.56 Å². The molecule has 0 bridgehead atoms. The van der Waals surface area contributed by atoms with Crippen LogP contribution < -0.4 is 9.44 Å². The molecule has 0 saturated carbocycles. The van der Waals surface area contributed by atoms with Crippen molar-refractivity contribution in [3.05, 3.63) is 23.9 Å². The van der Waals surface area contributed by atoms with Crippen LogP contribution in [-0.2, 0) is 14.9 Å². The zero-order valence-corrected chi connectivity index (χ0v) is 9.89. The van der Waals surface area contributed by atoms with Gasteiger partial charge in [-0.1, -0.05) is 0 Å². The summed E-state index contributed by atoms with van der Waals surface area (Å²) in [5.74, 6) is -1.78. The van der Waals surface area contributed by atoms with E-state index in [9.17, 15) is 18.0 Å². The summed E-state index contributed by atoms with van der Waals surface area (Å²) in [7, 11) is -3.32. The van der Waals surface area contributed by atoms with Gasteiger partial charge in [0.2, 0.25) is 0 Å². The minimum atomic E-state index is -4.30. The molecule has 98 valence electrons. The van der Waals surface area contributed by atoms with Crippen molar-refractivity contribution in [2.75, 3.05) is 11.8 Å². The predicted molar refractivity (Wildman–Crippen MR) is 59.3 cm³/mol. The molecule has 10 heteroatoms. The van der Waals surface area contributed by atoms with Crippen molar-refractivity contribution in [1.29, 1.82) is 0 Å². The first-order chi connectivity index (χ1) is 8.35. The number of hydrogen-bond donors (Lipinski definition) is 3. The number of ether oxygens (including phenoxy) is 1. The average molecular weight is 275 g/mol. The first-order valence-electron chi connectivity index (χ1n) is 4.42. The van der Waals surface area contributed by atoms with Gasteiger partial charge in [0.15, 0.2) is 5.82 Å². The van der Waals surface area contributed by atoms with E-state index in [1.165, 1.54) is 17.0 Å². The molecule has 0 saturated heterocycles. The lowest BCUT2D eigenvalue weighted by Gasteiger charge is -2.09. The van der Waals surface area contributed by atoms with E-state index in [-0.39, 0.29) is 5.56 Å². The highest BCUT2D eigenvalue weighted by Crippen LogP contribution is 2.12. The van der Waals surface area contributed by atoms with Gasteiger partial charge in [-0.2, -0.15) is 8.42 Å². The lowest BCUT2D eigenvalue weighted by Crippen LogP contribution is -2.35. The maximum Gasteiger partial charge on any atom is 0.422 e. The maximum atomic E-state index is 11.4. The van der Waals surface area contributed by atoms with Crippen LogP contribution in [0.15, 0.2) is 18.3 Å². The fourth-order valence-electron chi connectivity index (χ4n) is 0.963. The van der Waals surface area contributed by atoms with Crippen LogP contribution in [0.5, 0.6) is 0 Å². The van der Waals surface area contributed by atoms with Crippen LogP contribution >= 0.6 is 0 Å². The number of aromatic nitrogens is 1. The SMILES string of the molecule is COC(=O)NS(=O)(=O)Nc1ncccc1C(=O)O. The molecular weight excluding hydrogens is 266 g/mol.